The maximum absolute atomic E-state index is 5.56. The van der Waals surface area contributed by atoms with Gasteiger partial charge in [0.05, 0.1) is 24.5 Å². The van der Waals surface area contributed by atoms with E-state index in [1.54, 1.807) is 6.26 Å². The van der Waals surface area contributed by atoms with Gasteiger partial charge < -0.3 is 13.9 Å². The van der Waals surface area contributed by atoms with Crippen LogP contribution in [-0.4, -0.2) is 31.4 Å². The van der Waals surface area contributed by atoms with Crippen LogP contribution in [0.1, 0.15) is 36.2 Å². The molecule has 2 aliphatic heterocycles. The second-order valence-corrected chi connectivity index (χ2v) is 8.18. The zero-order chi connectivity index (χ0) is 17.5. The second-order valence-electron chi connectivity index (χ2n) is 6.78. The predicted octanol–water partition coefficient (Wildman–Crippen LogP) is 4.11. The monoisotopic (exact) mass is 364 g/mol. The zero-order valence-electron chi connectivity index (χ0n) is 14.5. The summed E-state index contributed by atoms with van der Waals surface area (Å²) in [6, 6.07) is 14.5. The Balaban J connectivity index is 1.55. The number of pyridine rings is 1. The summed E-state index contributed by atoms with van der Waals surface area (Å²) < 4.78 is 7.83. The van der Waals surface area contributed by atoms with Crippen LogP contribution in [-0.2, 0) is 6.54 Å². The number of aliphatic imine (C=N–C) groups is 1. The van der Waals surface area contributed by atoms with Gasteiger partial charge in [0, 0.05) is 29.9 Å². The van der Waals surface area contributed by atoms with Crippen molar-refractivity contribution in [1.82, 2.24) is 14.5 Å². The number of aromatic nitrogens is 2. The fraction of sp³-hybridized carbons (Fsp3) is 0.300. The Kier molecular flexibility index (Phi) is 3.85. The Labute approximate surface area is 156 Å². The van der Waals surface area contributed by atoms with Crippen molar-refractivity contribution < 1.29 is 4.42 Å². The van der Waals surface area contributed by atoms with Gasteiger partial charge in [-0.1, -0.05) is 24.8 Å². The van der Waals surface area contributed by atoms with Crippen LogP contribution in [0.2, 0.25) is 0 Å². The first kappa shape index (κ1) is 15.8. The quantitative estimate of drug-likeness (QED) is 0.699. The van der Waals surface area contributed by atoms with E-state index >= 15 is 0 Å². The molecule has 6 heteroatoms. The molecule has 0 N–H and O–H groups in total. The highest BCUT2D eigenvalue weighted by Gasteiger charge is 2.44. The van der Waals surface area contributed by atoms with Gasteiger partial charge in [0.2, 0.25) is 0 Å². The Hall–Kier alpha value is -2.47. The van der Waals surface area contributed by atoms with Crippen LogP contribution in [0.3, 0.4) is 0 Å². The van der Waals surface area contributed by atoms with Crippen LogP contribution in [0, 0.1) is 0 Å². The van der Waals surface area contributed by atoms with Crippen molar-refractivity contribution in [2.24, 2.45) is 4.99 Å². The second kappa shape index (κ2) is 6.36. The fourth-order valence-electron chi connectivity index (χ4n) is 3.85. The van der Waals surface area contributed by atoms with Gasteiger partial charge in [0.25, 0.3) is 0 Å². The van der Waals surface area contributed by atoms with Crippen molar-refractivity contribution in [1.29, 1.82) is 0 Å². The van der Waals surface area contributed by atoms with Crippen LogP contribution in [0.5, 0.6) is 0 Å². The van der Waals surface area contributed by atoms with Crippen molar-refractivity contribution in [2.45, 2.75) is 30.8 Å². The minimum atomic E-state index is 0.0245. The molecule has 0 aliphatic carbocycles. The molecular weight excluding hydrogens is 344 g/mol. The Morgan fingerprint density at radius 2 is 2.15 bits per heavy atom. The summed E-state index contributed by atoms with van der Waals surface area (Å²) in [6.45, 7) is 4.01. The molecule has 3 aromatic rings. The van der Waals surface area contributed by atoms with Crippen LogP contribution >= 0.6 is 11.8 Å². The number of fused-ring (bicyclic) bond motifs is 1. The smallest absolute Gasteiger partial charge is 0.160 e. The van der Waals surface area contributed by atoms with Crippen molar-refractivity contribution >= 4 is 16.9 Å². The molecule has 0 amide bonds. The maximum Gasteiger partial charge on any atom is 0.160 e. The summed E-state index contributed by atoms with van der Waals surface area (Å²) >= 11 is 1.87. The lowest BCUT2D eigenvalue weighted by atomic mass is 10.0. The molecule has 2 aliphatic rings. The van der Waals surface area contributed by atoms with Gasteiger partial charge >= 0.3 is 0 Å². The third-order valence-corrected chi connectivity index (χ3v) is 6.06. The van der Waals surface area contributed by atoms with Crippen LogP contribution < -0.4 is 0 Å². The third kappa shape index (κ3) is 2.65. The lowest BCUT2D eigenvalue weighted by Crippen LogP contribution is -2.30. The van der Waals surface area contributed by atoms with Gasteiger partial charge in [-0.15, -0.1) is 0 Å². The minimum Gasteiger partial charge on any atom is -0.467 e. The first-order valence-electron chi connectivity index (χ1n) is 8.89. The molecule has 0 radical (unpaired) electrons. The number of nitrogens with zero attached hydrogens (tertiary/aromatic N) is 4. The van der Waals surface area contributed by atoms with E-state index in [0.29, 0.717) is 5.25 Å². The molecule has 0 bridgehead atoms. The number of hydrogen-bond acceptors (Lipinski definition) is 5. The highest BCUT2D eigenvalue weighted by atomic mass is 32.2. The predicted molar refractivity (Wildman–Crippen MR) is 103 cm³/mol. The van der Waals surface area contributed by atoms with Crippen molar-refractivity contribution in [3.8, 4) is 0 Å². The lowest BCUT2D eigenvalue weighted by molar-refractivity contribution is 0.306. The van der Waals surface area contributed by atoms with Gasteiger partial charge in [-0.25, -0.2) is 0 Å². The number of amidine groups is 1. The first-order valence-corrected chi connectivity index (χ1v) is 9.77. The summed E-state index contributed by atoms with van der Waals surface area (Å²) in [4.78, 5) is 12.1. The highest BCUT2D eigenvalue weighted by molar-refractivity contribution is 8.14. The van der Waals surface area contributed by atoms with Gasteiger partial charge in [-0.05, 0) is 36.4 Å². The van der Waals surface area contributed by atoms with E-state index in [9.17, 15) is 0 Å². The maximum atomic E-state index is 5.56. The first-order chi connectivity index (χ1) is 12.8. The molecule has 1 saturated heterocycles. The van der Waals surface area contributed by atoms with E-state index < -0.39 is 0 Å². The van der Waals surface area contributed by atoms with Gasteiger partial charge in [-0.3, -0.25) is 9.98 Å². The summed E-state index contributed by atoms with van der Waals surface area (Å²) in [5, 5.41) is 1.71. The number of hydrogen-bond donors (Lipinski definition) is 0. The zero-order valence-corrected chi connectivity index (χ0v) is 15.3. The molecule has 5 heterocycles. The van der Waals surface area contributed by atoms with Crippen molar-refractivity contribution in [3.63, 3.8) is 0 Å². The standard InChI is InChI=1S/C20H20N4OS/c1-14-12-24-19(17-8-4-10-23(17)13-15-6-5-11-25-15)18(22-20(24)26-14)16-7-2-3-9-21-16/h2-11,14,18-19H,12-13H2,1H3/t14-,18+,19-/m0/s1. The highest BCUT2D eigenvalue weighted by Crippen LogP contribution is 2.47. The SMILES string of the molecule is C[C@H]1CN2C(=N[C@H](c3ccccn3)[C@@H]2c2cccn2Cc2ccco2)S1. The Morgan fingerprint density at radius 1 is 1.19 bits per heavy atom. The minimum absolute atomic E-state index is 0.0245. The van der Waals surface area contributed by atoms with Gasteiger partial charge in [0.1, 0.15) is 11.8 Å². The van der Waals surface area contributed by atoms with E-state index in [1.807, 2.05) is 42.2 Å². The summed E-state index contributed by atoms with van der Waals surface area (Å²) in [5.74, 6) is 0.958. The van der Waals surface area contributed by atoms with Crippen LogP contribution in [0.15, 0.2) is 70.5 Å². The Bertz CT molecular complexity index is 918. The molecule has 26 heavy (non-hydrogen) atoms. The summed E-state index contributed by atoms with van der Waals surface area (Å²) in [7, 11) is 0. The van der Waals surface area contributed by atoms with E-state index in [2.05, 4.69) is 45.8 Å². The topological polar surface area (TPSA) is 46.6 Å². The molecule has 5 rings (SSSR count). The van der Waals surface area contributed by atoms with Crippen LogP contribution in [0.25, 0.3) is 0 Å². The van der Waals surface area contributed by atoms with Crippen molar-refractivity contribution in [3.05, 3.63) is 78.3 Å². The number of furan rings is 1. The lowest BCUT2D eigenvalue weighted by Gasteiger charge is -2.28. The van der Waals surface area contributed by atoms with E-state index in [4.69, 9.17) is 9.41 Å². The van der Waals surface area contributed by atoms with Crippen LogP contribution in [0.4, 0.5) is 0 Å². The fourth-order valence-corrected chi connectivity index (χ4v) is 4.94. The molecule has 0 unspecified atom stereocenters. The molecular formula is C20H20N4OS. The number of rotatable bonds is 4. The molecule has 3 aromatic heterocycles. The third-order valence-electron chi connectivity index (χ3n) is 4.96. The Morgan fingerprint density at radius 3 is 2.96 bits per heavy atom. The molecule has 0 saturated carbocycles. The molecule has 132 valence electrons. The average molecular weight is 364 g/mol. The summed E-state index contributed by atoms with van der Waals surface area (Å²) in [5.41, 5.74) is 2.28. The summed E-state index contributed by atoms with van der Waals surface area (Å²) in [6.07, 6.45) is 5.70. The van der Waals surface area contributed by atoms with E-state index in [1.165, 1.54) is 5.69 Å². The average Bonchev–Trinajstić information content (AvgIpc) is 3.41. The molecule has 0 aromatic carbocycles. The van der Waals surface area contributed by atoms with Crippen molar-refractivity contribution in [2.75, 3.05) is 6.54 Å². The molecule has 0 spiro atoms. The largest absolute Gasteiger partial charge is 0.467 e. The molecule has 3 atom stereocenters. The van der Waals surface area contributed by atoms with Gasteiger partial charge in [0.15, 0.2) is 5.17 Å². The van der Waals surface area contributed by atoms with E-state index in [-0.39, 0.29) is 12.1 Å². The van der Waals surface area contributed by atoms with Gasteiger partial charge in [-0.2, -0.15) is 0 Å². The normalized spacial score (nSPS) is 24.7. The van der Waals surface area contributed by atoms with E-state index in [0.717, 1.165) is 29.7 Å². The number of thioether (sulfide) groups is 1. The molecule has 5 nitrogen and oxygen atoms in total. The molecule has 1 fully saturated rings.